The van der Waals surface area contributed by atoms with E-state index in [-0.39, 0.29) is 0 Å². The first-order valence-corrected chi connectivity index (χ1v) is 5.00. The molecule has 0 N–H and O–H groups in total. The Balaban J connectivity index is 0.000000461. The number of aromatic nitrogens is 2. The normalized spacial score (nSPS) is 10.1. The van der Waals surface area contributed by atoms with Crippen LogP contribution in [0.2, 0.25) is 0 Å². The van der Waals surface area contributed by atoms with Gasteiger partial charge in [-0.3, -0.25) is 0 Å². The van der Waals surface area contributed by atoms with E-state index < -0.39 is 0 Å². The van der Waals surface area contributed by atoms with Crippen LogP contribution in [0.15, 0.2) is 22.8 Å². The zero-order chi connectivity index (χ0) is 10.6. The van der Waals surface area contributed by atoms with Crippen LogP contribution >= 0.6 is 0 Å². The average molecular weight is 192 g/mol. The molecule has 1 aromatic heterocycles. The predicted octanol–water partition coefficient (Wildman–Crippen LogP) is 3.37. The molecule has 1 heterocycles. The molecule has 0 fully saturated rings. The van der Waals surface area contributed by atoms with Crippen molar-refractivity contribution in [2.24, 2.45) is 0 Å². The molecule has 1 aromatic carbocycles. The van der Waals surface area contributed by atoms with Gasteiger partial charge in [-0.2, -0.15) is 0 Å². The van der Waals surface area contributed by atoms with Gasteiger partial charge in [0, 0.05) is 0 Å². The Labute approximate surface area is 84.1 Å². The number of nitrogens with zero attached hydrogens (tertiary/aromatic N) is 2. The second kappa shape index (κ2) is 4.74. The largest absolute Gasteiger partial charge is 0.243 e. The van der Waals surface area contributed by atoms with Gasteiger partial charge in [0.25, 0.3) is 0 Å². The first kappa shape index (κ1) is 10.7. The Morgan fingerprint density at radius 3 is 2.50 bits per heavy atom. The van der Waals surface area contributed by atoms with Crippen LogP contribution < -0.4 is 0 Å². The van der Waals surface area contributed by atoms with Crippen molar-refractivity contribution >= 4 is 11.0 Å². The van der Waals surface area contributed by atoms with Gasteiger partial charge in [-0.25, -0.2) is 4.63 Å². The van der Waals surface area contributed by atoms with Crippen LogP contribution in [0.3, 0.4) is 0 Å². The van der Waals surface area contributed by atoms with Crippen molar-refractivity contribution < 1.29 is 4.63 Å². The van der Waals surface area contributed by atoms with Gasteiger partial charge in [-0.15, -0.1) is 0 Å². The second-order valence-electron chi connectivity index (χ2n) is 3.13. The molecule has 0 spiro atoms. The highest BCUT2D eigenvalue weighted by atomic mass is 16.6. The van der Waals surface area contributed by atoms with Gasteiger partial charge in [0.05, 0.1) is 0 Å². The van der Waals surface area contributed by atoms with Crippen LogP contribution in [0.1, 0.15) is 39.2 Å². The Morgan fingerprint density at radius 2 is 1.86 bits per heavy atom. The lowest BCUT2D eigenvalue weighted by molar-refractivity contribution is 0.315. The lowest BCUT2D eigenvalue weighted by atomic mass is 10.0. The van der Waals surface area contributed by atoms with Crippen LogP contribution in [-0.4, -0.2) is 10.3 Å². The average Bonchev–Trinajstić information content (AvgIpc) is 2.67. The molecule has 0 aliphatic rings. The highest BCUT2D eigenvalue weighted by Gasteiger charge is 2.08. The van der Waals surface area contributed by atoms with Crippen molar-refractivity contribution in [3.8, 4) is 0 Å². The summed E-state index contributed by atoms with van der Waals surface area (Å²) in [6.45, 7) is 8.26. The predicted molar refractivity (Wildman–Crippen MR) is 57.2 cm³/mol. The van der Waals surface area contributed by atoms with E-state index in [2.05, 4.69) is 34.9 Å². The van der Waals surface area contributed by atoms with E-state index in [9.17, 15) is 0 Å². The maximum absolute atomic E-state index is 4.66. The maximum Gasteiger partial charge on any atom is 0.138 e. The summed E-state index contributed by atoms with van der Waals surface area (Å²) in [6.07, 6.45) is 0. The third kappa shape index (κ3) is 1.92. The topological polar surface area (TPSA) is 38.9 Å². The van der Waals surface area contributed by atoms with Gasteiger partial charge in [0.1, 0.15) is 11.0 Å². The summed E-state index contributed by atoms with van der Waals surface area (Å²) in [5.41, 5.74) is 2.91. The molecule has 76 valence electrons. The molecule has 0 aliphatic heterocycles. The molecule has 0 bridgehead atoms. The summed E-state index contributed by atoms with van der Waals surface area (Å²) in [4.78, 5) is 0. The smallest absolute Gasteiger partial charge is 0.138 e. The first-order chi connectivity index (χ1) is 6.79. The maximum atomic E-state index is 4.66. The van der Waals surface area contributed by atoms with Crippen molar-refractivity contribution in [1.82, 2.24) is 10.3 Å². The lowest BCUT2D eigenvalue weighted by Crippen LogP contribution is -1.88. The summed E-state index contributed by atoms with van der Waals surface area (Å²) in [5.74, 6) is 0.459. The minimum atomic E-state index is 0.459. The molecule has 3 heteroatoms. The quantitative estimate of drug-likeness (QED) is 0.695. The number of fused-ring (bicyclic) bond motifs is 1. The van der Waals surface area contributed by atoms with E-state index in [4.69, 9.17) is 0 Å². The monoisotopic (exact) mass is 192 g/mol. The molecular weight excluding hydrogens is 176 g/mol. The highest BCUT2D eigenvalue weighted by molar-refractivity contribution is 5.77. The zero-order valence-corrected chi connectivity index (χ0v) is 9.11. The lowest BCUT2D eigenvalue weighted by Gasteiger charge is -2.02. The van der Waals surface area contributed by atoms with E-state index in [0.717, 1.165) is 11.0 Å². The molecule has 0 radical (unpaired) electrons. The van der Waals surface area contributed by atoms with Crippen LogP contribution in [-0.2, 0) is 0 Å². The SMILES string of the molecule is CC.CC(C)c1cccc2nonc12. The van der Waals surface area contributed by atoms with Crippen LogP contribution in [0.5, 0.6) is 0 Å². The third-order valence-corrected chi connectivity index (χ3v) is 1.94. The Morgan fingerprint density at radius 1 is 1.14 bits per heavy atom. The molecule has 0 saturated heterocycles. The molecule has 3 nitrogen and oxygen atoms in total. The molecule has 0 amide bonds. The number of hydrogen-bond donors (Lipinski definition) is 0. The fourth-order valence-electron chi connectivity index (χ4n) is 1.29. The minimum Gasteiger partial charge on any atom is -0.243 e. The van der Waals surface area contributed by atoms with Crippen LogP contribution in [0, 0.1) is 0 Å². The summed E-state index contributed by atoms with van der Waals surface area (Å²) >= 11 is 0. The Hall–Kier alpha value is -1.38. The van der Waals surface area contributed by atoms with Crippen molar-refractivity contribution in [2.75, 3.05) is 0 Å². The molecule has 2 rings (SSSR count). The van der Waals surface area contributed by atoms with E-state index in [0.29, 0.717) is 5.92 Å². The summed E-state index contributed by atoms with van der Waals surface area (Å²) < 4.78 is 4.66. The van der Waals surface area contributed by atoms with Gasteiger partial charge in [-0.05, 0) is 27.9 Å². The van der Waals surface area contributed by atoms with Gasteiger partial charge in [-0.1, -0.05) is 39.8 Å². The standard InChI is InChI=1S/C9H10N2O.C2H6/c1-6(2)7-4-3-5-8-9(7)11-12-10-8;1-2/h3-6H,1-2H3;1-2H3. The van der Waals surface area contributed by atoms with Gasteiger partial charge in [0.15, 0.2) is 0 Å². The van der Waals surface area contributed by atoms with Gasteiger partial charge in [0.2, 0.25) is 0 Å². The molecule has 0 unspecified atom stereocenters. The number of benzene rings is 1. The molecule has 0 atom stereocenters. The molecule has 0 aliphatic carbocycles. The van der Waals surface area contributed by atoms with E-state index in [1.54, 1.807) is 0 Å². The number of hydrogen-bond acceptors (Lipinski definition) is 3. The zero-order valence-electron chi connectivity index (χ0n) is 9.11. The summed E-state index contributed by atoms with van der Waals surface area (Å²) in [6, 6.07) is 5.93. The van der Waals surface area contributed by atoms with Crippen molar-refractivity contribution in [2.45, 2.75) is 33.6 Å². The first-order valence-electron chi connectivity index (χ1n) is 5.00. The Kier molecular flexibility index (Phi) is 3.63. The summed E-state index contributed by atoms with van der Waals surface area (Å²) in [7, 11) is 0. The van der Waals surface area contributed by atoms with Crippen molar-refractivity contribution in [3.05, 3.63) is 23.8 Å². The molecule has 2 aromatic rings. The second-order valence-corrected chi connectivity index (χ2v) is 3.13. The van der Waals surface area contributed by atoms with Crippen LogP contribution in [0.25, 0.3) is 11.0 Å². The van der Waals surface area contributed by atoms with Crippen LogP contribution in [0.4, 0.5) is 0 Å². The van der Waals surface area contributed by atoms with E-state index in [1.807, 2.05) is 26.0 Å². The van der Waals surface area contributed by atoms with Gasteiger partial charge < -0.3 is 0 Å². The van der Waals surface area contributed by atoms with Crippen molar-refractivity contribution in [1.29, 1.82) is 0 Å². The fourth-order valence-corrected chi connectivity index (χ4v) is 1.29. The van der Waals surface area contributed by atoms with E-state index in [1.165, 1.54) is 5.56 Å². The highest BCUT2D eigenvalue weighted by Crippen LogP contribution is 2.21. The van der Waals surface area contributed by atoms with E-state index >= 15 is 0 Å². The number of rotatable bonds is 1. The molecular formula is C11H16N2O. The third-order valence-electron chi connectivity index (χ3n) is 1.94. The minimum absolute atomic E-state index is 0.459. The fraction of sp³-hybridized carbons (Fsp3) is 0.455. The molecule has 14 heavy (non-hydrogen) atoms. The van der Waals surface area contributed by atoms with Crippen molar-refractivity contribution in [3.63, 3.8) is 0 Å². The van der Waals surface area contributed by atoms with Gasteiger partial charge >= 0.3 is 0 Å². The Bertz CT molecular complexity index is 393. The summed E-state index contributed by atoms with van der Waals surface area (Å²) in [5, 5.41) is 7.63. The molecule has 0 saturated carbocycles.